The van der Waals surface area contributed by atoms with Crippen molar-refractivity contribution in [2.45, 2.75) is 0 Å². The summed E-state index contributed by atoms with van der Waals surface area (Å²) in [7, 11) is 0. The minimum absolute atomic E-state index is 0.142. The molecular weight excluding hydrogens is 320 g/mol. The molecule has 2 aromatic carbocycles. The third kappa shape index (κ3) is 2.78. The first-order valence-electron chi connectivity index (χ1n) is 7.51. The zero-order valence-corrected chi connectivity index (χ0v) is 12.9. The molecule has 1 amide bonds. The molecule has 0 fully saturated rings. The molecule has 0 atom stereocenters. The number of hydrogen-bond acceptors (Lipinski definition) is 5. The average molecular weight is 332 g/mol. The van der Waals surface area contributed by atoms with E-state index in [4.69, 9.17) is 4.42 Å². The summed E-state index contributed by atoms with van der Waals surface area (Å²) in [5.74, 6) is -0.360. The number of hydrazone groups is 1. The maximum atomic E-state index is 12.3. The molecule has 0 aliphatic heterocycles. The molecule has 0 spiro atoms. The molecule has 122 valence electrons. The third-order valence-electron chi connectivity index (χ3n) is 3.68. The summed E-state index contributed by atoms with van der Waals surface area (Å²) in [5.41, 5.74) is 4.30. The lowest BCUT2D eigenvalue weighted by molar-refractivity contribution is 0.0946. The number of carbonyl (C=O) groups excluding carboxylic acids is 1. The summed E-state index contributed by atoms with van der Waals surface area (Å²) in [4.78, 5) is 31.5. The number of nitrogens with one attached hydrogen (secondary N) is 2. The van der Waals surface area contributed by atoms with E-state index in [2.05, 4.69) is 20.5 Å². The second-order valence-corrected chi connectivity index (χ2v) is 5.32. The Morgan fingerprint density at radius 2 is 1.96 bits per heavy atom. The van der Waals surface area contributed by atoms with Crippen LogP contribution in [0.5, 0.6) is 0 Å². The first-order chi connectivity index (χ1) is 12.2. The number of rotatable bonds is 3. The van der Waals surface area contributed by atoms with Crippen molar-refractivity contribution in [3.05, 3.63) is 76.4 Å². The standard InChI is InChI=1S/C18H12N4O3/c23-16-11(10-25-15-8-4-1-5-12(15)16)9-19-22-18(24)17-20-13-6-2-3-7-14(13)21-17/h1-10H,(H,20,21)(H,22,24)/b19-9+. The number of fused-ring (bicyclic) bond motifs is 2. The molecule has 2 heterocycles. The number of amides is 1. The van der Waals surface area contributed by atoms with Gasteiger partial charge in [-0.2, -0.15) is 5.10 Å². The molecule has 2 aromatic heterocycles. The van der Waals surface area contributed by atoms with Crippen LogP contribution in [0, 0.1) is 0 Å². The maximum absolute atomic E-state index is 12.3. The van der Waals surface area contributed by atoms with Crippen molar-refractivity contribution in [3.63, 3.8) is 0 Å². The number of imidazole rings is 1. The SMILES string of the molecule is O=C(N/N=C/c1coc2ccccc2c1=O)c1nc2ccccc2[nH]1. The Bertz CT molecular complexity index is 1140. The lowest BCUT2D eigenvalue weighted by Crippen LogP contribution is -2.19. The monoisotopic (exact) mass is 332 g/mol. The number of hydrogen-bond donors (Lipinski definition) is 2. The highest BCUT2D eigenvalue weighted by molar-refractivity contribution is 5.95. The van der Waals surface area contributed by atoms with Gasteiger partial charge in [-0.3, -0.25) is 9.59 Å². The molecule has 0 aliphatic rings. The lowest BCUT2D eigenvalue weighted by atomic mass is 10.2. The molecular formula is C18H12N4O3. The first kappa shape index (κ1) is 14.8. The summed E-state index contributed by atoms with van der Waals surface area (Å²) < 4.78 is 5.38. The van der Waals surface area contributed by atoms with E-state index in [1.165, 1.54) is 12.5 Å². The Morgan fingerprint density at radius 3 is 2.84 bits per heavy atom. The third-order valence-corrected chi connectivity index (χ3v) is 3.68. The Morgan fingerprint density at radius 1 is 1.16 bits per heavy atom. The fourth-order valence-electron chi connectivity index (χ4n) is 2.46. The van der Waals surface area contributed by atoms with Crippen LogP contribution in [0.4, 0.5) is 0 Å². The molecule has 0 saturated heterocycles. The van der Waals surface area contributed by atoms with Gasteiger partial charge in [-0.25, -0.2) is 10.4 Å². The highest BCUT2D eigenvalue weighted by Gasteiger charge is 2.10. The predicted octanol–water partition coefficient (Wildman–Crippen LogP) is 2.43. The van der Waals surface area contributed by atoms with Gasteiger partial charge in [0, 0.05) is 0 Å². The van der Waals surface area contributed by atoms with Gasteiger partial charge in [0.25, 0.3) is 0 Å². The zero-order chi connectivity index (χ0) is 17.2. The molecule has 2 N–H and O–H groups in total. The predicted molar refractivity (Wildman–Crippen MR) is 93.6 cm³/mol. The quantitative estimate of drug-likeness (QED) is 0.444. The van der Waals surface area contributed by atoms with Gasteiger partial charge in [0.1, 0.15) is 11.8 Å². The molecule has 0 unspecified atom stereocenters. The smallest absolute Gasteiger partial charge is 0.307 e. The van der Waals surface area contributed by atoms with Crippen LogP contribution in [0.1, 0.15) is 16.2 Å². The molecule has 0 aliphatic carbocycles. The highest BCUT2D eigenvalue weighted by Crippen LogP contribution is 2.10. The zero-order valence-electron chi connectivity index (χ0n) is 12.9. The van der Waals surface area contributed by atoms with Crippen molar-refractivity contribution < 1.29 is 9.21 Å². The number of carbonyl (C=O) groups is 1. The Hall–Kier alpha value is -3.74. The van der Waals surface area contributed by atoms with Gasteiger partial charge >= 0.3 is 5.91 Å². The number of H-pyrrole nitrogens is 1. The van der Waals surface area contributed by atoms with Crippen molar-refractivity contribution in [2.24, 2.45) is 5.10 Å². The molecule has 7 heteroatoms. The minimum Gasteiger partial charge on any atom is -0.463 e. The van der Waals surface area contributed by atoms with Crippen molar-refractivity contribution in [1.82, 2.24) is 15.4 Å². The minimum atomic E-state index is -0.502. The van der Waals surface area contributed by atoms with Crippen molar-refractivity contribution in [1.29, 1.82) is 0 Å². The van der Waals surface area contributed by atoms with E-state index in [0.717, 1.165) is 5.52 Å². The van der Waals surface area contributed by atoms with Crippen LogP contribution in [0.25, 0.3) is 22.0 Å². The fraction of sp³-hybridized carbons (Fsp3) is 0. The van der Waals surface area contributed by atoms with Gasteiger partial charge in [-0.1, -0.05) is 24.3 Å². The number of aromatic amines is 1. The van der Waals surface area contributed by atoms with E-state index in [-0.39, 0.29) is 16.8 Å². The van der Waals surface area contributed by atoms with Crippen molar-refractivity contribution >= 4 is 34.1 Å². The van der Waals surface area contributed by atoms with Gasteiger partial charge in [0.2, 0.25) is 5.43 Å². The van der Waals surface area contributed by atoms with E-state index in [0.29, 0.717) is 16.5 Å². The van der Waals surface area contributed by atoms with Crippen molar-refractivity contribution in [2.75, 3.05) is 0 Å². The molecule has 25 heavy (non-hydrogen) atoms. The summed E-state index contributed by atoms with van der Waals surface area (Å²) in [6.07, 6.45) is 2.56. The Balaban J connectivity index is 1.55. The van der Waals surface area contributed by atoms with Crippen LogP contribution >= 0.6 is 0 Å². The van der Waals surface area contributed by atoms with E-state index < -0.39 is 5.91 Å². The molecule has 4 rings (SSSR count). The average Bonchev–Trinajstić information content (AvgIpc) is 3.08. The van der Waals surface area contributed by atoms with E-state index in [1.54, 1.807) is 30.3 Å². The summed E-state index contributed by atoms with van der Waals surface area (Å²) >= 11 is 0. The highest BCUT2D eigenvalue weighted by atomic mass is 16.3. The number of para-hydroxylation sites is 3. The van der Waals surface area contributed by atoms with E-state index in [9.17, 15) is 9.59 Å². The summed E-state index contributed by atoms with van der Waals surface area (Å²) in [6.45, 7) is 0. The normalized spacial score (nSPS) is 11.4. The van der Waals surface area contributed by atoms with Crippen LogP contribution in [0.2, 0.25) is 0 Å². The topological polar surface area (TPSA) is 100 Å². The van der Waals surface area contributed by atoms with Crippen LogP contribution in [0.15, 0.2) is 69.1 Å². The van der Waals surface area contributed by atoms with Crippen LogP contribution < -0.4 is 10.9 Å². The molecule has 4 aromatic rings. The lowest BCUT2D eigenvalue weighted by Gasteiger charge is -1.98. The maximum Gasteiger partial charge on any atom is 0.307 e. The van der Waals surface area contributed by atoms with Crippen LogP contribution in [-0.2, 0) is 0 Å². The van der Waals surface area contributed by atoms with E-state index in [1.807, 2.05) is 18.2 Å². The Kier molecular flexibility index (Phi) is 3.59. The summed E-state index contributed by atoms with van der Waals surface area (Å²) in [5, 5.41) is 4.26. The number of benzene rings is 2. The first-order valence-corrected chi connectivity index (χ1v) is 7.51. The van der Waals surface area contributed by atoms with Crippen molar-refractivity contribution in [3.8, 4) is 0 Å². The van der Waals surface area contributed by atoms with Crippen LogP contribution in [0.3, 0.4) is 0 Å². The van der Waals surface area contributed by atoms with Gasteiger partial charge in [-0.05, 0) is 24.3 Å². The molecule has 0 bridgehead atoms. The fourth-order valence-corrected chi connectivity index (χ4v) is 2.46. The number of nitrogens with zero attached hydrogens (tertiary/aromatic N) is 2. The molecule has 0 radical (unpaired) electrons. The van der Waals surface area contributed by atoms with Crippen LogP contribution in [-0.4, -0.2) is 22.1 Å². The number of aromatic nitrogens is 2. The molecule has 0 saturated carbocycles. The van der Waals surface area contributed by atoms with Gasteiger partial charge < -0.3 is 9.40 Å². The summed E-state index contributed by atoms with van der Waals surface area (Å²) in [6, 6.07) is 14.2. The molecule has 7 nitrogen and oxygen atoms in total. The van der Waals surface area contributed by atoms with Gasteiger partial charge in [-0.15, -0.1) is 0 Å². The Labute approximate surface area is 141 Å². The second kappa shape index (κ2) is 6.04. The van der Waals surface area contributed by atoms with Gasteiger partial charge in [0.05, 0.1) is 28.2 Å². The van der Waals surface area contributed by atoms with E-state index >= 15 is 0 Å². The van der Waals surface area contributed by atoms with Gasteiger partial charge in [0.15, 0.2) is 5.82 Å². The largest absolute Gasteiger partial charge is 0.463 e. The second-order valence-electron chi connectivity index (χ2n) is 5.32.